The van der Waals surface area contributed by atoms with E-state index in [1.165, 1.54) is 0 Å². The van der Waals surface area contributed by atoms with Gasteiger partial charge in [-0.3, -0.25) is 4.79 Å². The van der Waals surface area contributed by atoms with Crippen LogP contribution in [0, 0.1) is 6.92 Å². The standard InChI is InChI=1S/C15H10ClN5O/c1-8-18-15-19-11-6-7-17-14(22)12(11)13(21(15)20-8)9-2-4-10(16)5-3-9/h2-7H,1H3,(H,17,22). The monoisotopic (exact) mass is 311 g/mol. The Morgan fingerprint density at radius 3 is 2.68 bits per heavy atom. The molecule has 6 nitrogen and oxygen atoms in total. The van der Waals surface area contributed by atoms with E-state index < -0.39 is 0 Å². The number of halogens is 1. The minimum Gasteiger partial charge on any atom is -0.328 e. The Bertz CT molecular complexity index is 1070. The molecule has 0 spiro atoms. The van der Waals surface area contributed by atoms with E-state index in [2.05, 4.69) is 20.1 Å². The lowest BCUT2D eigenvalue weighted by atomic mass is 10.1. The number of hydrogen-bond acceptors (Lipinski definition) is 4. The maximum atomic E-state index is 12.3. The highest BCUT2D eigenvalue weighted by Gasteiger charge is 2.16. The van der Waals surface area contributed by atoms with Crippen LogP contribution in [0.2, 0.25) is 5.02 Å². The summed E-state index contributed by atoms with van der Waals surface area (Å²) >= 11 is 5.96. The topological polar surface area (TPSA) is 75.9 Å². The summed E-state index contributed by atoms with van der Waals surface area (Å²) in [6.45, 7) is 1.79. The van der Waals surface area contributed by atoms with Crippen LogP contribution in [0.25, 0.3) is 27.9 Å². The number of aromatic amines is 1. The van der Waals surface area contributed by atoms with Gasteiger partial charge in [-0.05, 0) is 25.1 Å². The minimum absolute atomic E-state index is 0.218. The van der Waals surface area contributed by atoms with E-state index in [1.807, 2.05) is 12.1 Å². The molecule has 108 valence electrons. The number of nitrogens with one attached hydrogen (secondary N) is 1. The zero-order chi connectivity index (χ0) is 15.3. The first-order chi connectivity index (χ1) is 10.6. The molecule has 0 aliphatic carbocycles. The molecule has 0 unspecified atom stereocenters. The summed E-state index contributed by atoms with van der Waals surface area (Å²) in [6, 6.07) is 8.99. The maximum absolute atomic E-state index is 12.3. The first-order valence-electron chi connectivity index (χ1n) is 6.64. The molecule has 0 saturated heterocycles. The molecule has 0 atom stereocenters. The van der Waals surface area contributed by atoms with Gasteiger partial charge in [-0.25, -0.2) is 4.98 Å². The minimum atomic E-state index is -0.218. The zero-order valence-electron chi connectivity index (χ0n) is 11.5. The van der Waals surface area contributed by atoms with Gasteiger partial charge in [0.05, 0.1) is 16.6 Å². The predicted octanol–water partition coefficient (Wildman–Crippen LogP) is 2.59. The van der Waals surface area contributed by atoms with Crippen molar-refractivity contribution in [3.63, 3.8) is 0 Å². The van der Waals surface area contributed by atoms with Crippen molar-refractivity contribution in [1.82, 2.24) is 24.6 Å². The van der Waals surface area contributed by atoms with Crippen molar-refractivity contribution in [2.24, 2.45) is 0 Å². The van der Waals surface area contributed by atoms with Crippen molar-refractivity contribution in [1.29, 1.82) is 0 Å². The Morgan fingerprint density at radius 1 is 1.14 bits per heavy atom. The van der Waals surface area contributed by atoms with E-state index in [1.54, 1.807) is 35.8 Å². The highest BCUT2D eigenvalue weighted by atomic mass is 35.5. The largest absolute Gasteiger partial charge is 0.328 e. The lowest BCUT2D eigenvalue weighted by Crippen LogP contribution is -2.10. The molecule has 0 bridgehead atoms. The Labute approximate surface area is 129 Å². The van der Waals surface area contributed by atoms with Gasteiger partial charge < -0.3 is 4.98 Å². The number of nitrogens with zero attached hydrogens (tertiary/aromatic N) is 4. The van der Waals surface area contributed by atoms with Gasteiger partial charge in [0.15, 0.2) is 0 Å². The molecule has 0 saturated carbocycles. The van der Waals surface area contributed by atoms with Crippen LogP contribution in [-0.4, -0.2) is 24.6 Å². The molecule has 0 amide bonds. The molecule has 0 fully saturated rings. The number of aryl methyl sites for hydroxylation is 1. The third-order valence-corrected chi connectivity index (χ3v) is 3.67. The van der Waals surface area contributed by atoms with E-state index in [-0.39, 0.29) is 5.56 Å². The molecule has 4 aromatic rings. The molecule has 7 heteroatoms. The summed E-state index contributed by atoms with van der Waals surface area (Å²) in [5.41, 5.74) is 1.83. The van der Waals surface area contributed by atoms with Crippen molar-refractivity contribution >= 4 is 28.3 Å². The summed E-state index contributed by atoms with van der Waals surface area (Å²) < 4.78 is 1.59. The number of hydrogen-bond donors (Lipinski definition) is 1. The summed E-state index contributed by atoms with van der Waals surface area (Å²) in [7, 11) is 0. The number of H-pyrrole nitrogens is 1. The molecule has 3 aromatic heterocycles. The van der Waals surface area contributed by atoms with Crippen molar-refractivity contribution in [2.75, 3.05) is 0 Å². The van der Waals surface area contributed by atoms with Crippen molar-refractivity contribution < 1.29 is 0 Å². The van der Waals surface area contributed by atoms with Crippen molar-refractivity contribution in [2.45, 2.75) is 6.92 Å². The van der Waals surface area contributed by atoms with E-state index in [4.69, 9.17) is 11.6 Å². The molecular formula is C15H10ClN5O. The summed E-state index contributed by atoms with van der Waals surface area (Å²) in [4.78, 5) is 23.7. The molecule has 0 aliphatic rings. The van der Waals surface area contributed by atoms with Gasteiger partial charge in [0, 0.05) is 16.8 Å². The first kappa shape index (κ1) is 13.0. The van der Waals surface area contributed by atoms with E-state index in [0.717, 1.165) is 5.56 Å². The SMILES string of the molecule is Cc1nc2nc3cc[nH]c(=O)c3c(-c3ccc(Cl)cc3)n2n1. The van der Waals surface area contributed by atoms with Crippen LogP contribution in [0.15, 0.2) is 41.3 Å². The van der Waals surface area contributed by atoms with Gasteiger partial charge in [-0.1, -0.05) is 23.7 Å². The second kappa shape index (κ2) is 4.64. The second-order valence-corrected chi connectivity index (χ2v) is 5.34. The second-order valence-electron chi connectivity index (χ2n) is 4.91. The number of benzene rings is 1. The highest BCUT2D eigenvalue weighted by molar-refractivity contribution is 6.30. The summed E-state index contributed by atoms with van der Waals surface area (Å²) in [5, 5.41) is 5.46. The molecule has 3 heterocycles. The van der Waals surface area contributed by atoms with Gasteiger partial charge in [-0.15, -0.1) is 5.10 Å². The third-order valence-electron chi connectivity index (χ3n) is 3.42. The predicted molar refractivity (Wildman–Crippen MR) is 84.1 cm³/mol. The van der Waals surface area contributed by atoms with Gasteiger partial charge in [-0.2, -0.15) is 9.50 Å². The fraction of sp³-hybridized carbons (Fsp3) is 0.0667. The molecule has 1 aromatic carbocycles. The average Bonchev–Trinajstić information content (AvgIpc) is 2.86. The van der Waals surface area contributed by atoms with Crippen molar-refractivity contribution in [3.05, 3.63) is 57.7 Å². The Kier molecular flexibility index (Phi) is 2.74. The first-order valence-corrected chi connectivity index (χ1v) is 7.02. The Morgan fingerprint density at radius 2 is 1.91 bits per heavy atom. The number of aromatic nitrogens is 5. The zero-order valence-corrected chi connectivity index (χ0v) is 12.3. The molecule has 1 N–H and O–H groups in total. The lowest BCUT2D eigenvalue weighted by molar-refractivity contribution is 0.932. The summed E-state index contributed by atoms with van der Waals surface area (Å²) in [5.74, 6) is 1.05. The number of rotatable bonds is 1. The van der Waals surface area contributed by atoms with Gasteiger partial charge in [0.2, 0.25) is 0 Å². The molecule has 22 heavy (non-hydrogen) atoms. The molecule has 0 aliphatic heterocycles. The van der Waals surface area contributed by atoms with Crippen LogP contribution in [0.4, 0.5) is 0 Å². The van der Waals surface area contributed by atoms with Gasteiger partial charge in [0.1, 0.15) is 5.82 Å². The maximum Gasteiger partial charge on any atom is 0.259 e. The van der Waals surface area contributed by atoms with E-state index in [0.29, 0.717) is 33.2 Å². The fourth-order valence-corrected chi connectivity index (χ4v) is 2.63. The Hall–Kier alpha value is -2.73. The van der Waals surface area contributed by atoms with Crippen LogP contribution in [0.5, 0.6) is 0 Å². The smallest absolute Gasteiger partial charge is 0.259 e. The normalized spacial score (nSPS) is 11.4. The Balaban J connectivity index is 2.24. The van der Waals surface area contributed by atoms with Crippen LogP contribution in [0.1, 0.15) is 5.82 Å². The molecule has 4 rings (SSSR count). The quantitative estimate of drug-likeness (QED) is 0.586. The number of fused-ring (bicyclic) bond motifs is 2. The fourth-order valence-electron chi connectivity index (χ4n) is 2.50. The number of pyridine rings is 1. The van der Waals surface area contributed by atoms with Crippen LogP contribution >= 0.6 is 11.6 Å². The van der Waals surface area contributed by atoms with Crippen molar-refractivity contribution in [3.8, 4) is 11.3 Å². The van der Waals surface area contributed by atoms with E-state index in [9.17, 15) is 4.79 Å². The molecular weight excluding hydrogens is 302 g/mol. The molecule has 0 radical (unpaired) electrons. The lowest BCUT2D eigenvalue weighted by Gasteiger charge is -2.08. The van der Waals surface area contributed by atoms with Gasteiger partial charge >= 0.3 is 0 Å². The average molecular weight is 312 g/mol. The highest BCUT2D eigenvalue weighted by Crippen LogP contribution is 2.26. The van der Waals surface area contributed by atoms with E-state index >= 15 is 0 Å². The van der Waals surface area contributed by atoms with Crippen LogP contribution in [-0.2, 0) is 0 Å². The third kappa shape index (κ3) is 1.88. The summed E-state index contributed by atoms with van der Waals surface area (Å²) in [6.07, 6.45) is 1.57. The van der Waals surface area contributed by atoms with Crippen LogP contribution < -0.4 is 5.56 Å². The van der Waals surface area contributed by atoms with Gasteiger partial charge in [0.25, 0.3) is 11.3 Å². The van der Waals surface area contributed by atoms with Crippen LogP contribution in [0.3, 0.4) is 0 Å².